The molecule has 132 valence electrons. The monoisotopic (exact) mass is 338 g/mol. The number of benzene rings is 1. The highest BCUT2D eigenvalue weighted by molar-refractivity contribution is 5.79. The number of nitrogens with zero attached hydrogens (tertiary/aromatic N) is 2. The molecule has 2 aromatic rings. The molecule has 1 aromatic carbocycles. The molecule has 0 atom stereocenters. The number of nitrogens with one attached hydrogen (secondary N) is 2. The van der Waals surface area contributed by atoms with Gasteiger partial charge in [0.1, 0.15) is 5.76 Å². The lowest BCUT2D eigenvalue weighted by atomic mass is 10.2. The summed E-state index contributed by atoms with van der Waals surface area (Å²) in [6.07, 6.45) is 6.96. The molecule has 0 fully saturated rings. The quantitative estimate of drug-likeness (QED) is 0.463. The SMILES string of the molecule is CCNC(=NCc1ccc(N2CC=CC2)cc1)NCCc1ccco1. The first kappa shape index (κ1) is 17.1. The van der Waals surface area contributed by atoms with E-state index in [2.05, 4.69) is 63.9 Å². The minimum absolute atomic E-state index is 0.661. The highest BCUT2D eigenvalue weighted by atomic mass is 16.3. The Morgan fingerprint density at radius 2 is 1.92 bits per heavy atom. The second kappa shape index (κ2) is 8.97. The van der Waals surface area contributed by atoms with E-state index in [-0.39, 0.29) is 0 Å². The van der Waals surface area contributed by atoms with Crippen molar-refractivity contribution < 1.29 is 4.42 Å². The number of hydrogen-bond donors (Lipinski definition) is 2. The number of rotatable bonds is 7. The second-order valence-corrected chi connectivity index (χ2v) is 5.99. The lowest BCUT2D eigenvalue weighted by Crippen LogP contribution is -2.38. The van der Waals surface area contributed by atoms with Crippen molar-refractivity contribution in [3.8, 4) is 0 Å². The van der Waals surface area contributed by atoms with Crippen molar-refractivity contribution in [2.75, 3.05) is 31.1 Å². The van der Waals surface area contributed by atoms with Crippen LogP contribution in [0.15, 0.2) is 64.2 Å². The van der Waals surface area contributed by atoms with E-state index in [1.807, 2.05) is 12.1 Å². The molecule has 1 aromatic heterocycles. The molecule has 0 amide bonds. The molecule has 5 heteroatoms. The van der Waals surface area contributed by atoms with E-state index >= 15 is 0 Å². The van der Waals surface area contributed by atoms with Crippen molar-refractivity contribution in [2.45, 2.75) is 19.9 Å². The average molecular weight is 338 g/mol. The summed E-state index contributed by atoms with van der Waals surface area (Å²) in [5.41, 5.74) is 2.47. The summed E-state index contributed by atoms with van der Waals surface area (Å²) >= 11 is 0. The molecule has 2 N–H and O–H groups in total. The lowest BCUT2D eigenvalue weighted by molar-refractivity contribution is 0.507. The molecule has 3 rings (SSSR count). The number of anilines is 1. The third-order valence-corrected chi connectivity index (χ3v) is 4.13. The molecule has 0 bridgehead atoms. The maximum atomic E-state index is 5.35. The molecule has 0 saturated heterocycles. The molecule has 5 nitrogen and oxygen atoms in total. The van der Waals surface area contributed by atoms with Crippen molar-refractivity contribution in [2.24, 2.45) is 4.99 Å². The molecule has 0 radical (unpaired) electrons. The largest absolute Gasteiger partial charge is 0.469 e. The summed E-state index contributed by atoms with van der Waals surface area (Å²) in [5.74, 6) is 1.82. The van der Waals surface area contributed by atoms with Crippen LogP contribution in [0.3, 0.4) is 0 Å². The number of furan rings is 1. The predicted molar refractivity (Wildman–Crippen MR) is 103 cm³/mol. The van der Waals surface area contributed by atoms with E-state index in [4.69, 9.17) is 4.42 Å². The Labute approximate surface area is 149 Å². The Hall–Kier alpha value is -2.69. The Bertz CT molecular complexity index is 681. The predicted octanol–water partition coefficient (Wildman–Crippen LogP) is 2.95. The number of guanidine groups is 1. The second-order valence-electron chi connectivity index (χ2n) is 5.99. The Kier molecular flexibility index (Phi) is 6.15. The first-order valence-corrected chi connectivity index (χ1v) is 8.88. The van der Waals surface area contributed by atoms with Gasteiger partial charge in [-0.15, -0.1) is 0 Å². The van der Waals surface area contributed by atoms with Crippen LogP contribution in [0, 0.1) is 0 Å². The van der Waals surface area contributed by atoms with E-state index in [1.54, 1.807) is 6.26 Å². The zero-order chi connectivity index (χ0) is 17.3. The lowest BCUT2D eigenvalue weighted by Gasteiger charge is -2.17. The summed E-state index contributed by atoms with van der Waals surface area (Å²) in [6, 6.07) is 12.6. The zero-order valence-electron chi connectivity index (χ0n) is 14.7. The van der Waals surface area contributed by atoms with Crippen molar-refractivity contribution in [3.05, 3.63) is 66.1 Å². The Balaban J connectivity index is 1.51. The van der Waals surface area contributed by atoms with Gasteiger partial charge in [0, 0.05) is 38.3 Å². The highest BCUT2D eigenvalue weighted by Crippen LogP contribution is 2.17. The van der Waals surface area contributed by atoms with E-state index in [9.17, 15) is 0 Å². The van der Waals surface area contributed by atoms with Gasteiger partial charge in [-0.25, -0.2) is 4.99 Å². The van der Waals surface area contributed by atoms with Gasteiger partial charge in [-0.2, -0.15) is 0 Å². The molecular formula is C20H26N4O. The molecule has 25 heavy (non-hydrogen) atoms. The van der Waals surface area contributed by atoms with Crippen molar-refractivity contribution >= 4 is 11.6 Å². The summed E-state index contributed by atoms with van der Waals surface area (Å²) in [6.45, 7) is 6.37. The Morgan fingerprint density at radius 3 is 2.60 bits per heavy atom. The fourth-order valence-corrected chi connectivity index (χ4v) is 2.77. The first-order valence-electron chi connectivity index (χ1n) is 8.88. The van der Waals surface area contributed by atoms with E-state index < -0.39 is 0 Å². The molecule has 0 unspecified atom stereocenters. The molecule has 2 heterocycles. The average Bonchev–Trinajstić information content (AvgIpc) is 3.34. The third kappa shape index (κ3) is 5.14. The van der Waals surface area contributed by atoms with Crippen molar-refractivity contribution in [1.82, 2.24) is 10.6 Å². The molecule has 1 aliphatic rings. The topological polar surface area (TPSA) is 52.8 Å². The normalized spacial score (nSPS) is 14.1. The Morgan fingerprint density at radius 1 is 1.12 bits per heavy atom. The van der Waals surface area contributed by atoms with Gasteiger partial charge in [0.05, 0.1) is 12.8 Å². The number of aliphatic imine (C=N–C) groups is 1. The van der Waals surface area contributed by atoms with Crippen molar-refractivity contribution in [1.29, 1.82) is 0 Å². The summed E-state index contributed by atoms with van der Waals surface area (Å²) < 4.78 is 5.35. The summed E-state index contributed by atoms with van der Waals surface area (Å²) in [5, 5.41) is 6.63. The fraction of sp³-hybridized carbons (Fsp3) is 0.350. The van der Waals surface area contributed by atoms with Gasteiger partial charge in [-0.05, 0) is 36.8 Å². The maximum Gasteiger partial charge on any atom is 0.191 e. The molecule has 0 aliphatic carbocycles. The van der Waals surface area contributed by atoms with E-state index in [1.165, 1.54) is 11.3 Å². The molecular weight excluding hydrogens is 312 g/mol. The third-order valence-electron chi connectivity index (χ3n) is 4.13. The first-order chi connectivity index (χ1) is 12.3. The van der Waals surface area contributed by atoms with Gasteiger partial charge in [-0.1, -0.05) is 24.3 Å². The molecule has 0 saturated carbocycles. The van der Waals surface area contributed by atoms with Crippen LogP contribution in [0.4, 0.5) is 5.69 Å². The van der Waals surface area contributed by atoms with Crippen LogP contribution in [0.25, 0.3) is 0 Å². The van der Waals surface area contributed by atoms with Crippen LogP contribution in [0.2, 0.25) is 0 Å². The van der Waals surface area contributed by atoms with Gasteiger partial charge < -0.3 is 20.0 Å². The fourth-order valence-electron chi connectivity index (χ4n) is 2.77. The van der Waals surface area contributed by atoms with Crippen LogP contribution in [0.1, 0.15) is 18.2 Å². The van der Waals surface area contributed by atoms with Crippen LogP contribution in [-0.2, 0) is 13.0 Å². The maximum absolute atomic E-state index is 5.35. The van der Waals surface area contributed by atoms with E-state index in [0.717, 1.165) is 44.3 Å². The van der Waals surface area contributed by atoms with Gasteiger partial charge in [0.15, 0.2) is 5.96 Å². The van der Waals surface area contributed by atoms with Crippen LogP contribution < -0.4 is 15.5 Å². The van der Waals surface area contributed by atoms with Gasteiger partial charge in [0.2, 0.25) is 0 Å². The molecule has 0 spiro atoms. The van der Waals surface area contributed by atoms with Gasteiger partial charge in [-0.3, -0.25) is 0 Å². The summed E-state index contributed by atoms with van der Waals surface area (Å²) in [7, 11) is 0. The van der Waals surface area contributed by atoms with Crippen LogP contribution in [0.5, 0.6) is 0 Å². The number of hydrogen-bond acceptors (Lipinski definition) is 3. The van der Waals surface area contributed by atoms with E-state index in [0.29, 0.717) is 6.54 Å². The minimum atomic E-state index is 0.661. The summed E-state index contributed by atoms with van der Waals surface area (Å²) in [4.78, 5) is 7.01. The van der Waals surface area contributed by atoms with Gasteiger partial charge in [0.25, 0.3) is 0 Å². The highest BCUT2D eigenvalue weighted by Gasteiger charge is 2.07. The van der Waals surface area contributed by atoms with Crippen LogP contribution >= 0.6 is 0 Å². The van der Waals surface area contributed by atoms with Crippen LogP contribution in [-0.4, -0.2) is 32.1 Å². The minimum Gasteiger partial charge on any atom is -0.469 e. The zero-order valence-corrected chi connectivity index (χ0v) is 14.7. The smallest absolute Gasteiger partial charge is 0.191 e. The van der Waals surface area contributed by atoms with Gasteiger partial charge >= 0.3 is 0 Å². The standard InChI is InChI=1S/C20H26N4O/c1-2-21-20(22-12-11-19-6-5-15-25-19)23-16-17-7-9-18(10-8-17)24-13-3-4-14-24/h3-10,15H,2,11-14,16H2,1H3,(H2,21,22,23). The van der Waals surface area contributed by atoms with Crippen molar-refractivity contribution in [3.63, 3.8) is 0 Å². The molecule has 1 aliphatic heterocycles.